The van der Waals surface area contributed by atoms with Crippen molar-refractivity contribution in [1.82, 2.24) is 10.3 Å². The van der Waals surface area contributed by atoms with E-state index in [0.717, 1.165) is 0 Å². The number of rotatable bonds is 3. The third-order valence-corrected chi connectivity index (χ3v) is 1.59. The standard InChI is InChI=1S/C9H10ClN3O/c1-6(10)4-13-9(14)8-3-2-7(11)5-12-8/h2-3,5H,1,4,11H2,(H,13,14). The first-order valence-corrected chi connectivity index (χ1v) is 4.30. The first-order valence-electron chi connectivity index (χ1n) is 3.92. The Morgan fingerprint density at radius 2 is 2.36 bits per heavy atom. The number of amides is 1. The lowest BCUT2D eigenvalue weighted by Crippen LogP contribution is -2.25. The Bertz CT molecular complexity index is 348. The van der Waals surface area contributed by atoms with Crippen LogP contribution >= 0.6 is 11.6 Å². The third kappa shape index (κ3) is 3.06. The fourth-order valence-corrected chi connectivity index (χ4v) is 0.873. The molecule has 0 atom stereocenters. The van der Waals surface area contributed by atoms with E-state index in [1.807, 2.05) is 0 Å². The van der Waals surface area contributed by atoms with Crippen molar-refractivity contribution in [3.63, 3.8) is 0 Å². The predicted octanol–water partition coefficient (Wildman–Crippen LogP) is 1.15. The molecular formula is C9H10ClN3O. The van der Waals surface area contributed by atoms with Gasteiger partial charge in [0.25, 0.3) is 5.91 Å². The molecule has 0 bridgehead atoms. The van der Waals surface area contributed by atoms with Crippen LogP contribution in [0, 0.1) is 0 Å². The van der Waals surface area contributed by atoms with Gasteiger partial charge in [0.05, 0.1) is 18.4 Å². The normalized spacial score (nSPS) is 9.50. The van der Waals surface area contributed by atoms with E-state index in [1.54, 1.807) is 12.1 Å². The minimum absolute atomic E-state index is 0.229. The van der Waals surface area contributed by atoms with E-state index in [-0.39, 0.29) is 12.5 Å². The van der Waals surface area contributed by atoms with Crippen molar-refractivity contribution in [2.45, 2.75) is 0 Å². The summed E-state index contributed by atoms with van der Waals surface area (Å²) < 4.78 is 0. The number of carbonyl (C=O) groups excluding carboxylic acids is 1. The molecule has 0 fully saturated rings. The molecule has 14 heavy (non-hydrogen) atoms. The minimum Gasteiger partial charge on any atom is -0.397 e. The molecule has 1 heterocycles. The zero-order valence-electron chi connectivity index (χ0n) is 7.46. The van der Waals surface area contributed by atoms with Crippen molar-refractivity contribution < 1.29 is 4.79 Å². The smallest absolute Gasteiger partial charge is 0.270 e. The highest BCUT2D eigenvalue weighted by Gasteiger charge is 2.05. The number of pyridine rings is 1. The van der Waals surface area contributed by atoms with Crippen LogP contribution in [0.5, 0.6) is 0 Å². The van der Waals surface area contributed by atoms with Crippen LogP contribution in [0.25, 0.3) is 0 Å². The second-order valence-electron chi connectivity index (χ2n) is 2.68. The fraction of sp³-hybridized carbons (Fsp3) is 0.111. The van der Waals surface area contributed by atoms with Gasteiger partial charge in [-0.3, -0.25) is 4.79 Å². The van der Waals surface area contributed by atoms with Gasteiger partial charge in [-0.05, 0) is 12.1 Å². The first-order chi connectivity index (χ1) is 6.59. The summed E-state index contributed by atoms with van der Waals surface area (Å²) >= 11 is 5.48. The van der Waals surface area contributed by atoms with E-state index in [2.05, 4.69) is 16.9 Å². The van der Waals surface area contributed by atoms with Crippen LogP contribution in [-0.2, 0) is 0 Å². The van der Waals surface area contributed by atoms with Gasteiger partial charge >= 0.3 is 0 Å². The first kappa shape index (κ1) is 10.5. The van der Waals surface area contributed by atoms with E-state index in [1.165, 1.54) is 6.20 Å². The maximum absolute atomic E-state index is 11.3. The predicted molar refractivity (Wildman–Crippen MR) is 56.0 cm³/mol. The molecule has 3 N–H and O–H groups in total. The van der Waals surface area contributed by atoms with Gasteiger partial charge in [-0.15, -0.1) is 0 Å². The largest absolute Gasteiger partial charge is 0.397 e. The molecule has 1 aromatic rings. The summed E-state index contributed by atoms with van der Waals surface area (Å²) in [4.78, 5) is 15.2. The molecule has 0 aliphatic rings. The van der Waals surface area contributed by atoms with Gasteiger partial charge in [-0.25, -0.2) is 4.98 Å². The van der Waals surface area contributed by atoms with Crippen molar-refractivity contribution in [2.24, 2.45) is 0 Å². The van der Waals surface area contributed by atoms with E-state index in [0.29, 0.717) is 16.4 Å². The third-order valence-electron chi connectivity index (χ3n) is 1.46. The molecule has 0 aliphatic heterocycles. The zero-order chi connectivity index (χ0) is 10.6. The van der Waals surface area contributed by atoms with Crippen LogP contribution in [0.4, 0.5) is 5.69 Å². The quantitative estimate of drug-likeness (QED) is 0.788. The monoisotopic (exact) mass is 211 g/mol. The van der Waals surface area contributed by atoms with E-state index in [4.69, 9.17) is 17.3 Å². The van der Waals surface area contributed by atoms with Crippen LogP contribution in [0.1, 0.15) is 10.5 Å². The van der Waals surface area contributed by atoms with Gasteiger partial charge in [-0.1, -0.05) is 18.2 Å². The molecule has 0 aromatic carbocycles. The van der Waals surface area contributed by atoms with Crippen LogP contribution < -0.4 is 11.1 Å². The van der Waals surface area contributed by atoms with E-state index >= 15 is 0 Å². The van der Waals surface area contributed by atoms with Gasteiger partial charge < -0.3 is 11.1 Å². The van der Waals surface area contributed by atoms with E-state index in [9.17, 15) is 4.79 Å². The molecular weight excluding hydrogens is 202 g/mol. The lowest BCUT2D eigenvalue weighted by atomic mass is 10.3. The SMILES string of the molecule is C=C(Cl)CNC(=O)c1ccc(N)cn1. The summed E-state index contributed by atoms with van der Waals surface area (Å²) in [5.74, 6) is -0.299. The Kier molecular flexibility index (Phi) is 3.48. The van der Waals surface area contributed by atoms with Gasteiger partial charge in [-0.2, -0.15) is 0 Å². The highest BCUT2D eigenvalue weighted by Crippen LogP contribution is 2.01. The molecule has 0 saturated heterocycles. The molecule has 0 spiro atoms. The number of hydrogen-bond acceptors (Lipinski definition) is 3. The lowest BCUT2D eigenvalue weighted by molar-refractivity contribution is 0.0953. The molecule has 0 unspecified atom stereocenters. The molecule has 0 aliphatic carbocycles. The van der Waals surface area contributed by atoms with Gasteiger partial charge in [0.1, 0.15) is 5.69 Å². The Morgan fingerprint density at radius 1 is 1.64 bits per heavy atom. The minimum atomic E-state index is -0.299. The Labute approximate surface area is 86.8 Å². The zero-order valence-corrected chi connectivity index (χ0v) is 8.21. The van der Waals surface area contributed by atoms with Gasteiger partial charge in [0.2, 0.25) is 0 Å². The number of halogens is 1. The van der Waals surface area contributed by atoms with Gasteiger partial charge in [0, 0.05) is 5.03 Å². The maximum atomic E-state index is 11.3. The molecule has 4 nitrogen and oxygen atoms in total. The van der Waals surface area contributed by atoms with Crippen molar-refractivity contribution >= 4 is 23.2 Å². The number of nitrogens with two attached hydrogens (primary N) is 1. The lowest BCUT2D eigenvalue weighted by Gasteiger charge is -2.02. The Hall–Kier alpha value is -1.55. The summed E-state index contributed by atoms with van der Waals surface area (Å²) in [6, 6.07) is 3.15. The molecule has 0 radical (unpaired) electrons. The summed E-state index contributed by atoms with van der Waals surface area (Å²) in [6.45, 7) is 3.67. The van der Waals surface area contributed by atoms with Crippen molar-refractivity contribution in [2.75, 3.05) is 12.3 Å². The summed E-state index contributed by atoms with van der Waals surface area (Å²) in [5, 5.41) is 2.91. The number of anilines is 1. The molecule has 1 amide bonds. The molecule has 74 valence electrons. The highest BCUT2D eigenvalue weighted by molar-refractivity contribution is 6.29. The molecule has 1 aromatic heterocycles. The fourth-order valence-electron chi connectivity index (χ4n) is 0.806. The number of aromatic nitrogens is 1. The summed E-state index contributed by atoms with van der Waals surface area (Å²) in [5.41, 5.74) is 6.24. The van der Waals surface area contributed by atoms with Crippen molar-refractivity contribution in [3.05, 3.63) is 35.6 Å². The highest BCUT2D eigenvalue weighted by atomic mass is 35.5. The van der Waals surface area contributed by atoms with Crippen LogP contribution in [0.15, 0.2) is 29.9 Å². The maximum Gasteiger partial charge on any atom is 0.270 e. The topological polar surface area (TPSA) is 68.0 Å². The second-order valence-corrected chi connectivity index (χ2v) is 3.21. The number of nitrogen functional groups attached to an aromatic ring is 1. The second kappa shape index (κ2) is 4.62. The number of carbonyl (C=O) groups is 1. The van der Waals surface area contributed by atoms with Gasteiger partial charge in [0.15, 0.2) is 0 Å². The molecule has 5 heteroatoms. The van der Waals surface area contributed by atoms with Crippen molar-refractivity contribution in [3.8, 4) is 0 Å². The number of nitrogens with zero attached hydrogens (tertiary/aromatic N) is 1. The molecule has 0 saturated carbocycles. The number of hydrogen-bond donors (Lipinski definition) is 2. The van der Waals surface area contributed by atoms with Crippen LogP contribution in [-0.4, -0.2) is 17.4 Å². The van der Waals surface area contributed by atoms with Crippen molar-refractivity contribution in [1.29, 1.82) is 0 Å². The Morgan fingerprint density at radius 3 is 2.86 bits per heavy atom. The van der Waals surface area contributed by atoms with Crippen LogP contribution in [0.2, 0.25) is 0 Å². The number of nitrogens with one attached hydrogen (secondary N) is 1. The average Bonchev–Trinajstić information content (AvgIpc) is 2.15. The summed E-state index contributed by atoms with van der Waals surface area (Å²) in [6.07, 6.45) is 1.42. The summed E-state index contributed by atoms with van der Waals surface area (Å²) in [7, 11) is 0. The average molecular weight is 212 g/mol. The van der Waals surface area contributed by atoms with E-state index < -0.39 is 0 Å². The van der Waals surface area contributed by atoms with Crippen LogP contribution in [0.3, 0.4) is 0 Å². The Balaban J connectivity index is 2.61. The molecule has 1 rings (SSSR count).